The van der Waals surface area contributed by atoms with E-state index >= 15 is 0 Å². The van der Waals surface area contributed by atoms with Gasteiger partial charge in [-0.2, -0.15) is 0 Å². The minimum Gasteiger partial charge on any atom is -0.465 e. The molecule has 23 heavy (non-hydrogen) atoms. The van der Waals surface area contributed by atoms with Gasteiger partial charge in [0.2, 0.25) is 0 Å². The van der Waals surface area contributed by atoms with Gasteiger partial charge in [-0.3, -0.25) is 4.90 Å². The highest BCUT2D eigenvalue weighted by Gasteiger charge is 2.21. The number of benzene rings is 1. The van der Waals surface area contributed by atoms with Crippen molar-refractivity contribution in [1.29, 1.82) is 0 Å². The number of rotatable bonds is 3. The van der Waals surface area contributed by atoms with Crippen LogP contribution < -0.4 is 4.90 Å². The van der Waals surface area contributed by atoms with Gasteiger partial charge >= 0.3 is 6.09 Å². The van der Waals surface area contributed by atoms with E-state index in [0.717, 1.165) is 18.8 Å². The molecule has 2 heterocycles. The second-order valence-corrected chi connectivity index (χ2v) is 5.92. The van der Waals surface area contributed by atoms with Crippen molar-refractivity contribution in [3.05, 3.63) is 29.6 Å². The number of hydrogen-bond acceptors (Lipinski definition) is 4. The minimum absolute atomic E-state index is 0.199. The molecule has 0 aliphatic carbocycles. The molecule has 6 nitrogen and oxygen atoms in total. The molecular weight excluding hydrogens is 301 g/mol. The Morgan fingerprint density at radius 1 is 1.13 bits per heavy atom. The van der Waals surface area contributed by atoms with Crippen molar-refractivity contribution in [2.24, 2.45) is 0 Å². The van der Waals surface area contributed by atoms with Crippen molar-refractivity contribution in [1.82, 2.24) is 9.80 Å². The van der Waals surface area contributed by atoms with Crippen molar-refractivity contribution >= 4 is 11.8 Å². The van der Waals surface area contributed by atoms with Gasteiger partial charge in [-0.15, -0.1) is 0 Å². The molecule has 0 atom stereocenters. The van der Waals surface area contributed by atoms with E-state index in [9.17, 15) is 9.18 Å². The van der Waals surface area contributed by atoms with E-state index < -0.39 is 6.09 Å². The van der Waals surface area contributed by atoms with Crippen LogP contribution in [0.5, 0.6) is 0 Å². The van der Waals surface area contributed by atoms with Crippen LogP contribution in [0.4, 0.5) is 14.9 Å². The summed E-state index contributed by atoms with van der Waals surface area (Å²) < 4.78 is 19.7. The third kappa shape index (κ3) is 3.92. The number of anilines is 1. The molecule has 0 aromatic heterocycles. The Morgan fingerprint density at radius 2 is 1.83 bits per heavy atom. The first-order chi connectivity index (χ1) is 11.1. The van der Waals surface area contributed by atoms with Crippen LogP contribution in [0.1, 0.15) is 5.56 Å². The summed E-state index contributed by atoms with van der Waals surface area (Å²) >= 11 is 0. The highest BCUT2D eigenvalue weighted by Crippen LogP contribution is 2.21. The van der Waals surface area contributed by atoms with Crippen LogP contribution in [0.3, 0.4) is 0 Å². The molecule has 2 saturated heterocycles. The lowest BCUT2D eigenvalue weighted by atomic mass is 10.1. The monoisotopic (exact) mass is 323 g/mol. The summed E-state index contributed by atoms with van der Waals surface area (Å²) in [5, 5.41) is 8.95. The van der Waals surface area contributed by atoms with Gasteiger partial charge in [0.1, 0.15) is 5.82 Å². The van der Waals surface area contributed by atoms with E-state index in [2.05, 4.69) is 9.80 Å². The first-order valence-electron chi connectivity index (χ1n) is 7.95. The number of hydrogen-bond donors (Lipinski definition) is 1. The zero-order chi connectivity index (χ0) is 16.2. The molecule has 2 aliphatic rings. The number of piperazine rings is 1. The normalized spacial score (nSPS) is 19.9. The first kappa shape index (κ1) is 16.0. The van der Waals surface area contributed by atoms with Gasteiger partial charge in [0, 0.05) is 57.1 Å². The smallest absolute Gasteiger partial charge is 0.407 e. The van der Waals surface area contributed by atoms with Crippen molar-refractivity contribution in [3.63, 3.8) is 0 Å². The van der Waals surface area contributed by atoms with Crippen LogP contribution in [0, 0.1) is 5.82 Å². The van der Waals surface area contributed by atoms with Crippen molar-refractivity contribution < 1.29 is 19.0 Å². The van der Waals surface area contributed by atoms with E-state index in [1.807, 2.05) is 12.1 Å². The van der Waals surface area contributed by atoms with Crippen LogP contribution in [-0.2, 0) is 11.3 Å². The molecule has 3 rings (SSSR count). The second-order valence-electron chi connectivity index (χ2n) is 5.92. The Bertz CT molecular complexity index is 556. The van der Waals surface area contributed by atoms with Crippen LogP contribution >= 0.6 is 0 Å². The van der Waals surface area contributed by atoms with E-state index in [-0.39, 0.29) is 5.82 Å². The maximum absolute atomic E-state index is 14.4. The molecule has 0 saturated carbocycles. The summed E-state index contributed by atoms with van der Waals surface area (Å²) in [5.74, 6) is -0.199. The summed E-state index contributed by atoms with van der Waals surface area (Å²) in [7, 11) is 0. The third-order valence-corrected chi connectivity index (χ3v) is 4.45. The molecule has 1 aromatic rings. The van der Waals surface area contributed by atoms with Gasteiger partial charge in [-0.05, 0) is 12.1 Å². The van der Waals surface area contributed by atoms with Crippen LogP contribution in [0.15, 0.2) is 18.2 Å². The minimum atomic E-state index is -0.884. The lowest BCUT2D eigenvalue weighted by Gasteiger charge is -2.33. The van der Waals surface area contributed by atoms with Crippen molar-refractivity contribution in [3.8, 4) is 0 Å². The fraction of sp³-hybridized carbons (Fsp3) is 0.562. The second kappa shape index (κ2) is 7.14. The number of carbonyl (C=O) groups is 1. The van der Waals surface area contributed by atoms with Crippen LogP contribution in [-0.4, -0.2) is 73.5 Å². The van der Waals surface area contributed by atoms with E-state index in [1.54, 1.807) is 6.07 Å². The number of ether oxygens (including phenoxy) is 1. The third-order valence-electron chi connectivity index (χ3n) is 4.45. The maximum Gasteiger partial charge on any atom is 0.407 e. The Hall–Kier alpha value is -1.86. The highest BCUT2D eigenvalue weighted by atomic mass is 19.1. The number of halogens is 1. The summed E-state index contributed by atoms with van der Waals surface area (Å²) in [6.45, 7) is 5.67. The molecule has 0 spiro atoms. The van der Waals surface area contributed by atoms with Gasteiger partial charge in [0.05, 0.1) is 13.2 Å². The summed E-state index contributed by atoms with van der Waals surface area (Å²) in [5.41, 5.74) is 1.55. The highest BCUT2D eigenvalue weighted by molar-refractivity contribution is 5.65. The Labute approximate surface area is 135 Å². The van der Waals surface area contributed by atoms with E-state index in [0.29, 0.717) is 51.5 Å². The average molecular weight is 323 g/mol. The molecule has 2 aliphatic heterocycles. The van der Waals surface area contributed by atoms with Gasteiger partial charge in [0.25, 0.3) is 0 Å². The number of carboxylic acid groups (broad SMARTS) is 1. The molecule has 1 aromatic carbocycles. The first-order valence-corrected chi connectivity index (χ1v) is 7.95. The molecule has 2 fully saturated rings. The largest absolute Gasteiger partial charge is 0.465 e. The molecule has 1 N–H and O–H groups in total. The zero-order valence-corrected chi connectivity index (χ0v) is 13.1. The molecular formula is C16H22FN3O3. The lowest BCUT2D eigenvalue weighted by Crippen LogP contribution is -2.47. The molecule has 0 radical (unpaired) electrons. The van der Waals surface area contributed by atoms with Crippen molar-refractivity contribution in [2.45, 2.75) is 6.54 Å². The molecule has 0 bridgehead atoms. The molecule has 126 valence electrons. The SMILES string of the molecule is O=C(O)N1CCN(Cc2ccc(N3CCOCC3)cc2F)CC1. The summed E-state index contributed by atoms with van der Waals surface area (Å²) in [6, 6.07) is 5.38. The fourth-order valence-electron chi connectivity index (χ4n) is 3.02. The maximum atomic E-state index is 14.4. The average Bonchev–Trinajstić information content (AvgIpc) is 2.58. The summed E-state index contributed by atoms with van der Waals surface area (Å²) in [4.78, 5) is 16.5. The van der Waals surface area contributed by atoms with Crippen molar-refractivity contribution in [2.75, 3.05) is 57.4 Å². The number of amides is 1. The Balaban J connectivity index is 1.59. The molecule has 0 unspecified atom stereocenters. The number of morpholine rings is 1. The van der Waals surface area contributed by atoms with Gasteiger partial charge < -0.3 is 19.6 Å². The Kier molecular flexibility index (Phi) is 4.97. The van der Waals surface area contributed by atoms with Crippen LogP contribution in [0.2, 0.25) is 0 Å². The predicted molar refractivity (Wildman–Crippen MR) is 84.3 cm³/mol. The van der Waals surface area contributed by atoms with E-state index in [1.165, 1.54) is 4.90 Å². The standard InChI is InChI=1S/C16H22FN3O3/c17-15-11-14(19-7-9-23-10-8-19)2-1-13(15)12-18-3-5-20(6-4-18)16(21)22/h1-2,11H,3-10,12H2,(H,21,22). The van der Waals surface area contributed by atoms with Crippen LogP contribution in [0.25, 0.3) is 0 Å². The zero-order valence-electron chi connectivity index (χ0n) is 13.1. The molecule has 1 amide bonds. The summed E-state index contributed by atoms with van der Waals surface area (Å²) in [6.07, 6.45) is -0.884. The number of nitrogens with zero attached hydrogens (tertiary/aromatic N) is 3. The Morgan fingerprint density at radius 3 is 2.43 bits per heavy atom. The van der Waals surface area contributed by atoms with Gasteiger partial charge in [0.15, 0.2) is 0 Å². The fourth-order valence-corrected chi connectivity index (χ4v) is 3.02. The topological polar surface area (TPSA) is 56.2 Å². The van der Waals surface area contributed by atoms with E-state index in [4.69, 9.17) is 9.84 Å². The van der Waals surface area contributed by atoms with Gasteiger partial charge in [-0.1, -0.05) is 6.07 Å². The van der Waals surface area contributed by atoms with Gasteiger partial charge in [-0.25, -0.2) is 9.18 Å². The lowest BCUT2D eigenvalue weighted by molar-refractivity contribution is 0.102. The quantitative estimate of drug-likeness (QED) is 0.913. The predicted octanol–water partition coefficient (Wildman–Crippen LogP) is 1.46. The molecule has 7 heteroatoms.